The lowest BCUT2D eigenvalue weighted by Gasteiger charge is -2.51. The fourth-order valence-corrected chi connectivity index (χ4v) is 6.42. The van der Waals surface area contributed by atoms with Crippen LogP contribution in [0.2, 0.25) is 0 Å². The van der Waals surface area contributed by atoms with Gasteiger partial charge >= 0.3 is 6.16 Å². The van der Waals surface area contributed by atoms with E-state index in [9.17, 15) is 18.8 Å². The highest BCUT2D eigenvalue weighted by atomic mass is 32.2. The van der Waals surface area contributed by atoms with Crippen molar-refractivity contribution in [2.45, 2.75) is 22.9 Å². The van der Waals surface area contributed by atoms with Crippen molar-refractivity contribution in [1.82, 2.24) is 9.58 Å². The van der Waals surface area contributed by atoms with E-state index in [2.05, 4.69) is 4.74 Å². The van der Waals surface area contributed by atoms with Gasteiger partial charge in [-0.05, 0) is 23.3 Å². The number of benzene rings is 2. The first kappa shape index (κ1) is 26.1. The molecular weight excluding hydrogens is 548 g/mol. The SMILES string of the molecule is COC(=O)OCOc1c2n(ccc1=O)N([C@@H]1c3ccccc3SCc3c1ccc(F)c3F)[C@H]1COCCN1C2=O. The van der Waals surface area contributed by atoms with Gasteiger partial charge in [0.15, 0.2) is 17.3 Å². The van der Waals surface area contributed by atoms with Crippen molar-refractivity contribution in [3.8, 4) is 5.75 Å². The molecule has 0 saturated carbocycles. The van der Waals surface area contributed by atoms with E-state index in [0.29, 0.717) is 5.56 Å². The number of pyridine rings is 1. The molecule has 3 aliphatic heterocycles. The fraction of sp³-hybridized carbons (Fsp3) is 0.296. The molecule has 3 aliphatic rings. The summed E-state index contributed by atoms with van der Waals surface area (Å²) in [6, 6.07) is 10.7. The minimum atomic E-state index is -1.02. The molecule has 208 valence electrons. The third-order valence-electron chi connectivity index (χ3n) is 7.08. The number of amides is 1. The second-order valence-corrected chi connectivity index (χ2v) is 10.2. The number of nitrogens with zero attached hydrogens (tertiary/aromatic N) is 3. The standard InChI is InChI=1S/C27H23F2N3O7S/c1-36-27(35)39-14-38-25-19(33)8-9-31-24(25)26(34)30-10-11-37-12-21(30)32(31)23-15-6-7-18(28)22(29)17(15)13-40-20-5-3-2-4-16(20)23/h2-9,21,23H,10-14H2,1H3/t21-,23-/m0/s1. The summed E-state index contributed by atoms with van der Waals surface area (Å²) in [6.45, 7) is -0.0595. The monoisotopic (exact) mass is 571 g/mol. The van der Waals surface area contributed by atoms with Crippen molar-refractivity contribution in [3.05, 3.63) is 92.9 Å². The number of hydrogen-bond acceptors (Lipinski definition) is 9. The molecule has 1 fully saturated rings. The highest BCUT2D eigenvalue weighted by molar-refractivity contribution is 7.98. The molecule has 2 aromatic carbocycles. The molecule has 1 aromatic heterocycles. The number of methoxy groups -OCH3 is 1. The predicted molar refractivity (Wildman–Crippen MR) is 138 cm³/mol. The molecule has 0 N–H and O–H groups in total. The normalized spacial score (nSPS) is 19.5. The van der Waals surface area contributed by atoms with Crippen LogP contribution in [0.25, 0.3) is 0 Å². The highest BCUT2D eigenvalue weighted by Crippen LogP contribution is 2.45. The predicted octanol–water partition coefficient (Wildman–Crippen LogP) is 3.39. The van der Waals surface area contributed by atoms with E-state index in [1.807, 2.05) is 29.3 Å². The lowest BCUT2D eigenvalue weighted by atomic mass is 9.93. The number of carbonyl (C=O) groups excluding carboxylic acids is 2. The Balaban J connectivity index is 1.58. The van der Waals surface area contributed by atoms with Crippen LogP contribution >= 0.6 is 11.8 Å². The number of carbonyl (C=O) groups is 2. The number of halogens is 2. The Hall–Kier alpha value is -4.10. The first-order valence-corrected chi connectivity index (χ1v) is 13.3. The van der Waals surface area contributed by atoms with Crippen molar-refractivity contribution in [2.24, 2.45) is 0 Å². The maximum absolute atomic E-state index is 15.3. The van der Waals surface area contributed by atoms with Crippen LogP contribution in [0.4, 0.5) is 13.6 Å². The van der Waals surface area contributed by atoms with E-state index in [1.54, 1.807) is 11.0 Å². The van der Waals surface area contributed by atoms with Gasteiger partial charge in [0.1, 0.15) is 6.17 Å². The zero-order valence-corrected chi connectivity index (χ0v) is 22.0. The Morgan fingerprint density at radius 3 is 2.77 bits per heavy atom. The van der Waals surface area contributed by atoms with Crippen LogP contribution in [0.1, 0.15) is 33.2 Å². The summed E-state index contributed by atoms with van der Waals surface area (Å²) in [4.78, 5) is 40.6. The lowest BCUT2D eigenvalue weighted by molar-refractivity contribution is -0.0209. The van der Waals surface area contributed by atoms with Crippen LogP contribution in [-0.4, -0.2) is 61.5 Å². The van der Waals surface area contributed by atoms with Crippen molar-refractivity contribution in [1.29, 1.82) is 0 Å². The summed E-state index contributed by atoms with van der Waals surface area (Å²) in [7, 11) is 1.12. The van der Waals surface area contributed by atoms with Crippen molar-refractivity contribution in [2.75, 3.05) is 38.7 Å². The average molecular weight is 572 g/mol. The first-order chi connectivity index (χ1) is 19.4. The van der Waals surface area contributed by atoms with E-state index in [1.165, 1.54) is 28.7 Å². The Morgan fingerprint density at radius 2 is 1.95 bits per heavy atom. The number of aromatic nitrogens is 1. The summed E-state index contributed by atoms with van der Waals surface area (Å²) in [6.07, 6.45) is -0.238. The van der Waals surface area contributed by atoms with Gasteiger partial charge in [-0.15, -0.1) is 11.8 Å². The summed E-state index contributed by atoms with van der Waals surface area (Å²) in [5, 5.41) is 1.82. The molecule has 0 radical (unpaired) electrons. The molecule has 2 atom stereocenters. The Morgan fingerprint density at radius 1 is 1.12 bits per heavy atom. The topological polar surface area (TPSA) is 99.5 Å². The molecule has 40 heavy (non-hydrogen) atoms. The van der Waals surface area contributed by atoms with E-state index >= 15 is 4.39 Å². The smallest absolute Gasteiger partial charge is 0.451 e. The van der Waals surface area contributed by atoms with E-state index in [0.717, 1.165) is 23.6 Å². The molecule has 1 saturated heterocycles. The van der Waals surface area contributed by atoms with Gasteiger partial charge < -0.3 is 23.8 Å². The van der Waals surface area contributed by atoms with Crippen LogP contribution < -0.4 is 15.2 Å². The van der Waals surface area contributed by atoms with Gasteiger partial charge in [-0.25, -0.2) is 13.6 Å². The zero-order chi connectivity index (χ0) is 28.0. The van der Waals surface area contributed by atoms with Crippen LogP contribution in [0.15, 0.2) is 58.4 Å². The minimum absolute atomic E-state index is 0.0994. The molecule has 10 nitrogen and oxygen atoms in total. The van der Waals surface area contributed by atoms with E-state index in [4.69, 9.17) is 14.2 Å². The Kier molecular flexibility index (Phi) is 6.84. The summed E-state index contributed by atoms with van der Waals surface area (Å²) >= 11 is 1.39. The molecule has 0 bridgehead atoms. The van der Waals surface area contributed by atoms with Gasteiger partial charge in [-0.2, -0.15) is 0 Å². The Bertz CT molecular complexity index is 1570. The number of rotatable bonds is 4. The highest BCUT2D eigenvalue weighted by Gasteiger charge is 2.46. The number of thioether (sulfide) groups is 1. The summed E-state index contributed by atoms with van der Waals surface area (Å²) in [5.41, 5.74) is 0.815. The zero-order valence-electron chi connectivity index (χ0n) is 21.2. The molecule has 1 amide bonds. The van der Waals surface area contributed by atoms with Crippen LogP contribution in [0, 0.1) is 11.6 Å². The second kappa shape index (κ2) is 10.5. The van der Waals surface area contributed by atoms with Crippen molar-refractivity contribution < 1.29 is 37.3 Å². The third-order valence-corrected chi connectivity index (χ3v) is 8.20. The minimum Gasteiger partial charge on any atom is -0.451 e. The van der Waals surface area contributed by atoms with Crippen molar-refractivity contribution in [3.63, 3.8) is 0 Å². The lowest BCUT2D eigenvalue weighted by Crippen LogP contribution is -2.66. The van der Waals surface area contributed by atoms with Gasteiger partial charge in [0.2, 0.25) is 18.0 Å². The maximum Gasteiger partial charge on any atom is 0.510 e. The molecule has 0 aliphatic carbocycles. The summed E-state index contributed by atoms with van der Waals surface area (Å²) < 4.78 is 51.7. The molecule has 4 heterocycles. The van der Waals surface area contributed by atoms with Gasteiger partial charge in [-0.3, -0.25) is 19.3 Å². The maximum atomic E-state index is 15.3. The number of hydrogen-bond donors (Lipinski definition) is 0. The summed E-state index contributed by atoms with van der Waals surface area (Å²) in [5.74, 6) is -2.51. The van der Waals surface area contributed by atoms with Gasteiger partial charge in [0.05, 0.1) is 26.4 Å². The second-order valence-electron chi connectivity index (χ2n) is 9.16. The quantitative estimate of drug-likeness (QED) is 0.345. The van der Waals surface area contributed by atoms with Gasteiger partial charge in [-0.1, -0.05) is 24.3 Å². The number of morpholine rings is 1. The molecular formula is C27H23F2N3O7S. The van der Waals surface area contributed by atoms with Crippen LogP contribution in [0.3, 0.4) is 0 Å². The molecule has 13 heteroatoms. The molecule has 0 spiro atoms. The third kappa shape index (κ3) is 4.25. The molecule has 6 rings (SSSR count). The Labute approximate surface area is 230 Å². The largest absolute Gasteiger partial charge is 0.510 e. The molecule has 0 unspecified atom stereocenters. The van der Waals surface area contributed by atoms with E-state index < -0.39 is 48.1 Å². The van der Waals surface area contributed by atoms with Crippen LogP contribution in [-0.2, 0) is 20.0 Å². The molecule has 3 aromatic rings. The first-order valence-electron chi connectivity index (χ1n) is 12.4. The van der Waals surface area contributed by atoms with Gasteiger partial charge in [0.25, 0.3) is 5.91 Å². The average Bonchev–Trinajstić information content (AvgIpc) is 3.13. The number of fused-ring (bicyclic) bond motifs is 4. The van der Waals surface area contributed by atoms with Gasteiger partial charge in [0, 0.05) is 35.0 Å². The van der Waals surface area contributed by atoms with Crippen LogP contribution in [0.5, 0.6) is 5.75 Å². The van der Waals surface area contributed by atoms with E-state index in [-0.39, 0.29) is 42.5 Å². The number of ether oxygens (including phenoxy) is 4. The van der Waals surface area contributed by atoms with Crippen molar-refractivity contribution >= 4 is 23.8 Å². The fourth-order valence-electron chi connectivity index (χ4n) is 5.31.